The number of nitriles is 1. The molecule has 0 heterocycles. The van der Waals surface area contributed by atoms with Crippen LogP contribution in [0.1, 0.15) is 32.1 Å². The number of rotatable bonds is 1. The van der Waals surface area contributed by atoms with Crippen molar-refractivity contribution >= 4 is 6.21 Å². The Morgan fingerprint density at radius 3 is 2.60 bits per heavy atom. The lowest BCUT2D eigenvalue weighted by molar-refractivity contribution is 0.445. The van der Waals surface area contributed by atoms with Crippen LogP contribution >= 0.6 is 0 Å². The zero-order valence-corrected chi connectivity index (χ0v) is 6.08. The summed E-state index contributed by atoms with van der Waals surface area (Å²) in [5, 5.41) is 8.15. The van der Waals surface area contributed by atoms with Crippen molar-refractivity contribution in [3.63, 3.8) is 0 Å². The molecule has 1 aliphatic rings. The SMILES string of the molecule is N#CN=CC1CCCCC1. The molecular formula is C8H12N2. The summed E-state index contributed by atoms with van der Waals surface area (Å²) in [4.78, 5) is 3.58. The van der Waals surface area contributed by atoms with E-state index in [4.69, 9.17) is 5.26 Å². The van der Waals surface area contributed by atoms with Crippen LogP contribution in [-0.2, 0) is 0 Å². The first kappa shape index (κ1) is 7.27. The highest BCUT2D eigenvalue weighted by atomic mass is 14.7. The van der Waals surface area contributed by atoms with E-state index in [0.717, 1.165) is 0 Å². The Balaban J connectivity index is 2.27. The van der Waals surface area contributed by atoms with E-state index in [1.807, 2.05) is 0 Å². The summed E-state index contributed by atoms with van der Waals surface area (Å²) in [7, 11) is 0. The van der Waals surface area contributed by atoms with Gasteiger partial charge in [0.05, 0.1) is 0 Å². The van der Waals surface area contributed by atoms with Crippen molar-refractivity contribution in [3.8, 4) is 6.19 Å². The van der Waals surface area contributed by atoms with Gasteiger partial charge >= 0.3 is 0 Å². The van der Waals surface area contributed by atoms with E-state index in [9.17, 15) is 0 Å². The van der Waals surface area contributed by atoms with Crippen LogP contribution < -0.4 is 0 Å². The van der Waals surface area contributed by atoms with Crippen LogP contribution in [0.25, 0.3) is 0 Å². The first-order valence-corrected chi connectivity index (χ1v) is 3.86. The second-order valence-electron chi connectivity index (χ2n) is 2.78. The van der Waals surface area contributed by atoms with E-state index in [0.29, 0.717) is 5.92 Å². The monoisotopic (exact) mass is 136 g/mol. The molecule has 54 valence electrons. The van der Waals surface area contributed by atoms with Gasteiger partial charge in [0.15, 0.2) is 0 Å². The molecule has 1 rings (SSSR count). The van der Waals surface area contributed by atoms with Crippen molar-refractivity contribution in [1.82, 2.24) is 0 Å². The molecule has 0 saturated heterocycles. The van der Waals surface area contributed by atoms with Gasteiger partial charge in [0, 0.05) is 6.21 Å². The van der Waals surface area contributed by atoms with E-state index in [-0.39, 0.29) is 0 Å². The van der Waals surface area contributed by atoms with Gasteiger partial charge in [-0.15, -0.1) is 0 Å². The van der Waals surface area contributed by atoms with E-state index in [2.05, 4.69) is 4.99 Å². The fourth-order valence-electron chi connectivity index (χ4n) is 1.42. The Kier molecular flexibility index (Phi) is 2.95. The average molecular weight is 136 g/mol. The first-order valence-electron chi connectivity index (χ1n) is 3.86. The number of hydrogen-bond donors (Lipinski definition) is 0. The van der Waals surface area contributed by atoms with Crippen molar-refractivity contribution in [2.24, 2.45) is 10.9 Å². The Hall–Kier alpha value is -0.840. The zero-order chi connectivity index (χ0) is 7.23. The van der Waals surface area contributed by atoms with Gasteiger partial charge in [0.25, 0.3) is 0 Å². The van der Waals surface area contributed by atoms with Crippen molar-refractivity contribution in [1.29, 1.82) is 5.26 Å². The maximum atomic E-state index is 8.15. The van der Waals surface area contributed by atoms with Crippen molar-refractivity contribution in [2.75, 3.05) is 0 Å². The second-order valence-corrected chi connectivity index (χ2v) is 2.78. The topological polar surface area (TPSA) is 36.1 Å². The lowest BCUT2D eigenvalue weighted by Gasteiger charge is -2.15. The summed E-state index contributed by atoms with van der Waals surface area (Å²) in [5.74, 6) is 0.591. The molecule has 0 radical (unpaired) electrons. The first-order chi connectivity index (χ1) is 4.93. The summed E-state index contributed by atoms with van der Waals surface area (Å²) >= 11 is 0. The Labute approximate surface area is 61.6 Å². The summed E-state index contributed by atoms with van der Waals surface area (Å²) in [6.45, 7) is 0. The molecule has 0 amide bonds. The average Bonchev–Trinajstić information content (AvgIpc) is 2.03. The van der Waals surface area contributed by atoms with Gasteiger partial charge in [-0.25, -0.2) is 0 Å². The maximum absolute atomic E-state index is 8.15. The molecule has 0 aromatic heterocycles. The molecule has 0 aliphatic heterocycles. The summed E-state index contributed by atoms with van der Waals surface area (Å²) < 4.78 is 0. The molecule has 0 unspecified atom stereocenters. The van der Waals surface area contributed by atoms with Crippen LogP contribution in [-0.4, -0.2) is 6.21 Å². The number of hydrogen-bond acceptors (Lipinski definition) is 2. The highest BCUT2D eigenvalue weighted by Crippen LogP contribution is 2.21. The van der Waals surface area contributed by atoms with Crippen LogP contribution in [0.3, 0.4) is 0 Å². The maximum Gasteiger partial charge on any atom is 0.205 e. The molecule has 2 nitrogen and oxygen atoms in total. The van der Waals surface area contributed by atoms with Crippen molar-refractivity contribution in [3.05, 3.63) is 0 Å². The van der Waals surface area contributed by atoms with Gasteiger partial charge in [0.2, 0.25) is 6.19 Å². The third kappa shape index (κ3) is 2.18. The van der Waals surface area contributed by atoms with Gasteiger partial charge in [0.1, 0.15) is 0 Å². The second kappa shape index (κ2) is 4.05. The standard InChI is InChI=1S/C8H12N2/c9-7-10-6-8-4-2-1-3-5-8/h6,8H,1-5H2. The highest BCUT2D eigenvalue weighted by Gasteiger charge is 2.09. The molecular weight excluding hydrogens is 124 g/mol. The van der Waals surface area contributed by atoms with Crippen LogP contribution in [0.5, 0.6) is 0 Å². The lowest BCUT2D eigenvalue weighted by Crippen LogP contribution is -2.06. The smallest absolute Gasteiger partial charge is 0.186 e. The highest BCUT2D eigenvalue weighted by molar-refractivity contribution is 5.61. The fraction of sp³-hybridized carbons (Fsp3) is 0.750. The van der Waals surface area contributed by atoms with Gasteiger partial charge in [-0.1, -0.05) is 19.3 Å². The molecule has 1 fully saturated rings. The number of nitrogens with zero attached hydrogens (tertiary/aromatic N) is 2. The van der Waals surface area contributed by atoms with E-state index in [1.165, 1.54) is 32.1 Å². The third-order valence-corrected chi connectivity index (χ3v) is 1.99. The van der Waals surface area contributed by atoms with Crippen LogP contribution in [0.15, 0.2) is 4.99 Å². The summed E-state index contributed by atoms with van der Waals surface area (Å²) in [6.07, 6.45) is 10.0. The zero-order valence-electron chi connectivity index (χ0n) is 6.08. The van der Waals surface area contributed by atoms with Crippen LogP contribution in [0.2, 0.25) is 0 Å². The molecule has 0 bridgehead atoms. The quantitative estimate of drug-likeness (QED) is 0.401. The van der Waals surface area contributed by atoms with E-state index < -0.39 is 0 Å². The fourth-order valence-corrected chi connectivity index (χ4v) is 1.42. The largest absolute Gasteiger partial charge is 0.205 e. The molecule has 2 heteroatoms. The molecule has 0 N–H and O–H groups in total. The summed E-state index contributed by atoms with van der Waals surface area (Å²) in [6, 6.07) is 0. The Bertz CT molecular complexity index is 149. The molecule has 10 heavy (non-hydrogen) atoms. The third-order valence-electron chi connectivity index (χ3n) is 1.99. The lowest BCUT2D eigenvalue weighted by atomic mass is 9.90. The normalized spacial score (nSPS) is 21.1. The van der Waals surface area contributed by atoms with Gasteiger partial charge in [-0.05, 0) is 18.8 Å². The molecule has 0 aromatic carbocycles. The molecule has 0 atom stereocenters. The molecule has 0 spiro atoms. The minimum absolute atomic E-state index is 0.591. The number of aliphatic imine (C=N–C) groups is 1. The predicted octanol–water partition coefficient (Wildman–Crippen LogP) is 2.12. The van der Waals surface area contributed by atoms with Gasteiger partial charge in [-0.2, -0.15) is 10.3 Å². The van der Waals surface area contributed by atoms with Crippen LogP contribution in [0, 0.1) is 17.4 Å². The minimum Gasteiger partial charge on any atom is -0.186 e. The summed E-state index contributed by atoms with van der Waals surface area (Å²) in [5.41, 5.74) is 0. The van der Waals surface area contributed by atoms with Crippen molar-refractivity contribution < 1.29 is 0 Å². The van der Waals surface area contributed by atoms with Crippen molar-refractivity contribution in [2.45, 2.75) is 32.1 Å². The van der Waals surface area contributed by atoms with Crippen LogP contribution in [0.4, 0.5) is 0 Å². The van der Waals surface area contributed by atoms with E-state index in [1.54, 1.807) is 12.4 Å². The Morgan fingerprint density at radius 1 is 1.30 bits per heavy atom. The van der Waals surface area contributed by atoms with E-state index >= 15 is 0 Å². The van der Waals surface area contributed by atoms with Gasteiger partial charge in [-0.3, -0.25) is 0 Å². The molecule has 1 aliphatic carbocycles. The Morgan fingerprint density at radius 2 is 2.00 bits per heavy atom. The minimum atomic E-state index is 0.591. The predicted molar refractivity (Wildman–Crippen MR) is 40.7 cm³/mol. The molecule has 0 aromatic rings. The molecule has 1 saturated carbocycles. The van der Waals surface area contributed by atoms with Gasteiger partial charge < -0.3 is 0 Å².